The predicted molar refractivity (Wildman–Crippen MR) is 86.4 cm³/mol. The molecule has 112 valence electrons. The van der Waals surface area contributed by atoms with Gasteiger partial charge in [-0.2, -0.15) is 0 Å². The molecule has 1 aliphatic rings. The first-order chi connectivity index (χ1) is 9.63. The number of hydrogen-bond donors (Lipinski definition) is 2. The van der Waals surface area contributed by atoms with Gasteiger partial charge in [0, 0.05) is 19.6 Å². The molecule has 0 radical (unpaired) electrons. The summed E-state index contributed by atoms with van der Waals surface area (Å²) in [7, 11) is 0. The minimum atomic E-state index is 0.561. The molecule has 0 unspecified atom stereocenters. The Morgan fingerprint density at radius 3 is 2.25 bits per heavy atom. The molecule has 0 aromatic heterocycles. The predicted octanol–water partition coefficient (Wildman–Crippen LogP) is 3.84. The molecule has 1 aromatic rings. The van der Waals surface area contributed by atoms with Crippen molar-refractivity contribution in [1.82, 2.24) is 5.32 Å². The molecular formula is C18H30N2. The highest BCUT2D eigenvalue weighted by Crippen LogP contribution is 2.42. The third-order valence-electron chi connectivity index (χ3n) is 4.59. The zero-order chi connectivity index (χ0) is 14.4. The third kappa shape index (κ3) is 4.32. The highest BCUT2D eigenvalue weighted by atomic mass is 14.9. The Balaban J connectivity index is 1.83. The van der Waals surface area contributed by atoms with Crippen molar-refractivity contribution < 1.29 is 0 Å². The fourth-order valence-electron chi connectivity index (χ4n) is 3.71. The Hall–Kier alpha value is -0.860. The normalized spacial score (nSPS) is 17.8. The molecule has 0 saturated heterocycles. The molecule has 0 heterocycles. The Bertz CT molecular complexity index is 388. The van der Waals surface area contributed by atoms with Gasteiger partial charge in [-0.25, -0.2) is 0 Å². The van der Waals surface area contributed by atoms with Gasteiger partial charge in [0.25, 0.3) is 0 Å². The number of nitrogens with two attached hydrogens (primary N) is 1. The van der Waals surface area contributed by atoms with Crippen molar-refractivity contribution in [1.29, 1.82) is 0 Å². The molecule has 0 amide bonds. The number of hydrogen-bond acceptors (Lipinski definition) is 2. The van der Waals surface area contributed by atoms with E-state index in [-0.39, 0.29) is 0 Å². The SMILES string of the molecule is CC(C)CC1(CNCc2ccc(CN)cc2)CCCC1. The molecule has 2 rings (SSSR count). The van der Waals surface area contributed by atoms with E-state index < -0.39 is 0 Å². The lowest BCUT2D eigenvalue weighted by Gasteiger charge is -2.31. The molecule has 1 fully saturated rings. The van der Waals surface area contributed by atoms with Gasteiger partial charge in [-0.15, -0.1) is 0 Å². The molecule has 1 aromatic carbocycles. The van der Waals surface area contributed by atoms with Crippen molar-refractivity contribution in [2.45, 2.75) is 59.0 Å². The minimum Gasteiger partial charge on any atom is -0.326 e. The van der Waals surface area contributed by atoms with Gasteiger partial charge in [-0.05, 0) is 41.7 Å². The summed E-state index contributed by atoms with van der Waals surface area (Å²) in [4.78, 5) is 0. The molecule has 1 aliphatic carbocycles. The maximum absolute atomic E-state index is 5.63. The van der Waals surface area contributed by atoms with Gasteiger partial charge in [0.1, 0.15) is 0 Å². The van der Waals surface area contributed by atoms with Crippen LogP contribution in [-0.2, 0) is 13.1 Å². The van der Waals surface area contributed by atoms with Gasteiger partial charge in [0.2, 0.25) is 0 Å². The van der Waals surface area contributed by atoms with E-state index in [1.54, 1.807) is 0 Å². The molecule has 2 nitrogen and oxygen atoms in total. The Morgan fingerprint density at radius 1 is 1.10 bits per heavy atom. The lowest BCUT2D eigenvalue weighted by atomic mass is 9.78. The van der Waals surface area contributed by atoms with Gasteiger partial charge in [0.05, 0.1) is 0 Å². The smallest absolute Gasteiger partial charge is 0.0205 e. The first-order valence-corrected chi connectivity index (χ1v) is 8.12. The van der Waals surface area contributed by atoms with Gasteiger partial charge in [0.15, 0.2) is 0 Å². The van der Waals surface area contributed by atoms with E-state index >= 15 is 0 Å². The van der Waals surface area contributed by atoms with Crippen molar-refractivity contribution in [3.8, 4) is 0 Å². The highest BCUT2D eigenvalue weighted by molar-refractivity contribution is 5.22. The van der Waals surface area contributed by atoms with Gasteiger partial charge in [-0.1, -0.05) is 51.0 Å². The van der Waals surface area contributed by atoms with Crippen molar-refractivity contribution >= 4 is 0 Å². The van der Waals surface area contributed by atoms with Crippen LogP contribution < -0.4 is 11.1 Å². The van der Waals surface area contributed by atoms with Crippen molar-refractivity contribution in [2.75, 3.05) is 6.54 Å². The largest absolute Gasteiger partial charge is 0.326 e. The summed E-state index contributed by atoms with van der Waals surface area (Å²) in [5, 5.41) is 3.70. The van der Waals surface area contributed by atoms with Gasteiger partial charge in [-0.3, -0.25) is 0 Å². The zero-order valence-corrected chi connectivity index (χ0v) is 13.1. The topological polar surface area (TPSA) is 38.0 Å². The summed E-state index contributed by atoms with van der Waals surface area (Å²) in [6, 6.07) is 8.66. The molecule has 2 heteroatoms. The van der Waals surface area contributed by atoms with Gasteiger partial charge < -0.3 is 11.1 Å². The monoisotopic (exact) mass is 274 g/mol. The quantitative estimate of drug-likeness (QED) is 0.793. The Labute approximate surface area is 124 Å². The van der Waals surface area contributed by atoms with Crippen LogP contribution in [0.1, 0.15) is 57.1 Å². The van der Waals surface area contributed by atoms with Crippen LogP contribution in [-0.4, -0.2) is 6.54 Å². The first kappa shape index (κ1) is 15.5. The fourth-order valence-corrected chi connectivity index (χ4v) is 3.71. The van der Waals surface area contributed by atoms with Crippen LogP contribution in [0.25, 0.3) is 0 Å². The third-order valence-corrected chi connectivity index (χ3v) is 4.59. The Kier molecular flexibility index (Phi) is 5.62. The number of rotatable bonds is 7. The second-order valence-electron chi connectivity index (χ2n) is 6.93. The van der Waals surface area contributed by atoms with Gasteiger partial charge >= 0.3 is 0 Å². The molecular weight excluding hydrogens is 244 g/mol. The summed E-state index contributed by atoms with van der Waals surface area (Å²) in [5.41, 5.74) is 8.76. The molecule has 3 N–H and O–H groups in total. The molecule has 0 aliphatic heterocycles. The van der Waals surface area contributed by atoms with Crippen LogP contribution in [0.5, 0.6) is 0 Å². The van der Waals surface area contributed by atoms with E-state index in [0.29, 0.717) is 12.0 Å². The van der Waals surface area contributed by atoms with E-state index in [1.807, 2.05) is 0 Å². The fraction of sp³-hybridized carbons (Fsp3) is 0.667. The average Bonchev–Trinajstić information content (AvgIpc) is 2.87. The van der Waals surface area contributed by atoms with Crippen LogP contribution in [0, 0.1) is 11.3 Å². The molecule has 20 heavy (non-hydrogen) atoms. The molecule has 1 saturated carbocycles. The van der Waals surface area contributed by atoms with E-state index in [4.69, 9.17) is 5.73 Å². The minimum absolute atomic E-state index is 0.561. The maximum Gasteiger partial charge on any atom is 0.0205 e. The molecule has 0 bridgehead atoms. The summed E-state index contributed by atoms with van der Waals surface area (Å²) in [5.74, 6) is 0.804. The van der Waals surface area contributed by atoms with Crippen LogP contribution in [0.3, 0.4) is 0 Å². The summed E-state index contributed by atoms with van der Waals surface area (Å²) < 4.78 is 0. The second kappa shape index (κ2) is 7.24. The highest BCUT2D eigenvalue weighted by Gasteiger charge is 2.33. The van der Waals surface area contributed by atoms with Crippen LogP contribution in [0.4, 0.5) is 0 Å². The summed E-state index contributed by atoms with van der Waals surface area (Å²) in [6.45, 7) is 7.48. The van der Waals surface area contributed by atoms with Crippen LogP contribution in [0.2, 0.25) is 0 Å². The van der Waals surface area contributed by atoms with E-state index in [1.165, 1.54) is 49.8 Å². The molecule has 0 spiro atoms. The molecule has 0 atom stereocenters. The number of nitrogens with one attached hydrogen (secondary N) is 1. The lowest BCUT2D eigenvalue weighted by molar-refractivity contribution is 0.223. The number of benzene rings is 1. The van der Waals surface area contributed by atoms with Crippen molar-refractivity contribution in [3.63, 3.8) is 0 Å². The van der Waals surface area contributed by atoms with Crippen LogP contribution in [0.15, 0.2) is 24.3 Å². The summed E-state index contributed by atoms with van der Waals surface area (Å²) in [6.07, 6.45) is 7.01. The standard InChI is InChI=1S/C18H30N2/c1-15(2)11-18(9-3-4-10-18)14-20-13-17-7-5-16(12-19)6-8-17/h5-8,15,20H,3-4,9-14,19H2,1-2H3. The van der Waals surface area contributed by atoms with Crippen molar-refractivity contribution in [2.24, 2.45) is 17.1 Å². The first-order valence-electron chi connectivity index (χ1n) is 8.12. The Morgan fingerprint density at radius 2 is 1.70 bits per heavy atom. The van der Waals surface area contributed by atoms with Crippen LogP contribution >= 0.6 is 0 Å². The lowest BCUT2D eigenvalue weighted by Crippen LogP contribution is -2.33. The summed E-state index contributed by atoms with van der Waals surface area (Å²) >= 11 is 0. The second-order valence-corrected chi connectivity index (χ2v) is 6.93. The van der Waals surface area contributed by atoms with E-state index in [0.717, 1.165) is 12.5 Å². The zero-order valence-electron chi connectivity index (χ0n) is 13.1. The van der Waals surface area contributed by atoms with E-state index in [9.17, 15) is 0 Å². The maximum atomic E-state index is 5.63. The van der Waals surface area contributed by atoms with E-state index in [2.05, 4.69) is 43.4 Å². The van der Waals surface area contributed by atoms with Crippen molar-refractivity contribution in [3.05, 3.63) is 35.4 Å². The average molecular weight is 274 g/mol.